The van der Waals surface area contributed by atoms with Crippen LogP contribution in [0.3, 0.4) is 0 Å². The molecule has 0 spiro atoms. The molecular weight excluding hydrogens is 234 g/mol. The minimum absolute atomic E-state index is 0.0472. The fourth-order valence-electron chi connectivity index (χ4n) is 3.03. The zero-order valence-electron chi connectivity index (χ0n) is 10.5. The van der Waals surface area contributed by atoms with E-state index >= 15 is 0 Å². The van der Waals surface area contributed by atoms with Crippen molar-refractivity contribution in [1.29, 1.82) is 0 Å². The van der Waals surface area contributed by atoms with Crippen LogP contribution in [0.15, 0.2) is 0 Å². The van der Waals surface area contributed by atoms with Crippen LogP contribution in [0, 0.1) is 16.6 Å². The van der Waals surface area contributed by atoms with E-state index in [0.717, 1.165) is 6.42 Å². The molecule has 96 valence electrons. The van der Waals surface area contributed by atoms with E-state index in [1.54, 1.807) is 0 Å². The molecular formula is C12H21N3OS. The van der Waals surface area contributed by atoms with Crippen LogP contribution in [-0.2, 0) is 6.61 Å². The first-order valence-corrected chi connectivity index (χ1v) is 6.82. The van der Waals surface area contributed by atoms with Gasteiger partial charge in [0.1, 0.15) is 6.61 Å². The van der Waals surface area contributed by atoms with Crippen molar-refractivity contribution in [2.24, 2.45) is 11.8 Å². The van der Waals surface area contributed by atoms with Crippen LogP contribution in [-0.4, -0.2) is 19.9 Å². The Hall–Kier alpha value is -0.680. The Labute approximate surface area is 107 Å². The van der Waals surface area contributed by atoms with Gasteiger partial charge in [0.25, 0.3) is 0 Å². The van der Waals surface area contributed by atoms with Crippen molar-refractivity contribution in [2.75, 3.05) is 0 Å². The molecule has 5 heteroatoms. The van der Waals surface area contributed by atoms with Crippen LogP contribution in [0.2, 0.25) is 0 Å². The fraction of sp³-hybridized carbons (Fsp3) is 0.833. The number of rotatable bonds is 3. The molecule has 2 unspecified atom stereocenters. The van der Waals surface area contributed by atoms with Gasteiger partial charge in [-0.1, -0.05) is 26.7 Å². The average molecular weight is 255 g/mol. The normalized spacial score (nSPS) is 25.4. The number of aromatic nitrogens is 3. The second-order valence-corrected chi connectivity index (χ2v) is 5.62. The van der Waals surface area contributed by atoms with Gasteiger partial charge in [-0.3, -0.25) is 9.67 Å². The smallest absolute Gasteiger partial charge is 0.195 e. The summed E-state index contributed by atoms with van der Waals surface area (Å²) in [7, 11) is 0. The molecule has 0 bridgehead atoms. The van der Waals surface area contributed by atoms with Gasteiger partial charge in [-0.2, -0.15) is 5.10 Å². The highest BCUT2D eigenvalue weighted by Gasteiger charge is 2.30. The Morgan fingerprint density at radius 3 is 2.82 bits per heavy atom. The van der Waals surface area contributed by atoms with E-state index < -0.39 is 0 Å². The minimum atomic E-state index is -0.0472. The maximum Gasteiger partial charge on any atom is 0.195 e. The Balaban J connectivity index is 2.35. The number of aliphatic hydroxyl groups is 1. The van der Waals surface area contributed by atoms with Crippen LogP contribution in [0.25, 0.3) is 0 Å². The third kappa shape index (κ3) is 2.45. The Bertz CT molecular complexity index is 424. The lowest BCUT2D eigenvalue weighted by molar-refractivity contribution is 0.170. The van der Waals surface area contributed by atoms with E-state index in [1.807, 2.05) is 4.57 Å². The number of hydrogen-bond acceptors (Lipinski definition) is 3. The summed E-state index contributed by atoms with van der Waals surface area (Å²) in [6, 6.07) is 0.400. The molecule has 1 fully saturated rings. The predicted molar refractivity (Wildman–Crippen MR) is 69.2 cm³/mol. The van der Waals surface area contributed by atoms with Crippen LogP contribution < -0.4 is 0 Å². The molecule has 2 atom stereocenters. The van der Waals surface area contributed by atoms with E-state index in [2.05, 4.69) is 24.0 Å². The number of nitrogens with one attached hydrogen (secondary N) is 1. The summed E-state index contributed by atoms with van der Waals surface area (Å²) < 4.78 is 2.69. The van der Waals surface area contributed by atoms with Crippen LogP contribution in [0.5, 0.6) is 0 Å². The van der Waals surface area contributed by atoms with Gasteiger partial charge in [-0.15, -0.1) is 0 Å². The lowest BCUT2D eigenvalue weighted by Crippen LogP contribution is -2.28. The third-order valence-corrected chi connectivity index (χ3v) is 4.18. The lowest BCUT2D eigenvalue weighted by Gasteiger charge is -2.35. The van der Waals surface area contributed by atoms with E-state index in [4.69, 9.17) is 12.2 Å². The van der Waals surface area contributed by atoms with Crippen molar-refractivity contribution in [3.05, 3.63) is 10.6 Å². The number of H-pyrrole nitrogens is 1. The van der Waals surface area contributed by atoms with Crippen molar-refractivity contribution >= 4 is 12.2 Å². The zero-order valence-corrected chi connectivity index (χ0v) is 11.3. The van der Waals surface area contributed by atoms with Gasteiger partial charge < -0.3 is 5.11 Å². The molecule has 1 aliphatic carbocycles. The van der Waals surface area contributed by atoms with E-state index in [-0.39, 0.29) is 6.61 Å². The summed E-state index contributed by atoms with van der Waals surface area (Å²) in [6.45, 7) is 4.49. The SMILES string of the molecule is CC(C)C1CCCCC1n1c(CO)n[nH]c1=S. The highest BCUT2D eigenvalue weighted by molar-refractivity contribution is 7.71. The first-order chi connectivity index (χ1) is 8.15. The van der Waals surface area contributed by atoms with Crippen molar-refractivity contribution in [3.8, 4) is 0 Å². The second kappa shape index (κ2) is 5.31. The first kappa shape index (κ1) is 12.8. The Morgan fingerprint density at radius 2 is 2.18 bits per heavy atom. The van der Waals surface area contributed by atoms with Gasteiger partial charge in [-0.25, -0.2) is 0 Å². The molecule has 17 heavy (non-hydrogen) atoms. The van der Waals surface area contributed by atoms with Crippen molar-refractivity contribution in [1.82, 2.24) is 14.8 Å². The summed E-state index contributed by atoms with van der Waals surface area (Å²) in [6.07, 6.45) is 4.94. The van der Waals surface area contributed by atoms with Gasteiger partial charge in [0.05, 0.1) is 0 Å². The lowest BCUT2D eigenvalue weighted by atomic mass is 9.77. The van der Waals surface area contributed by atoms with Crippen LogP contribution in [0.4, 0.5) is 0 Å². The van der Waals surface area contributed by atoms with Crippen molar-refractivity contribution in [2.45, 2.75) is 52.2 Å². The first-order valence-electron chi connectivity index (χ1n) is 6.41. The zero-order chi connectivity index (χ0) is 12.4. The van der Waals surface area contributed by atoms with Crippen LogP contribution >= 0.6 is 12.2 Å². The molecule has 2 rings (SSSR count). The quantitative estimate of drug-likeness (QED) is 0.817. The third-order valence-electron chi connectivity index (χ3n) is 3.89. The number of hydrogen-bond donors (Lipinski definition) is 2. The summed E-state index contributed by atoms with van der Waals surface area (Å²) in [5.41, 5.74) is 0. The molecule has 0 aromatic carbocycles. The highest BCUT2D eigenvalue weighted by atomic mass is 32.1. The molecule has 0 saturated heterocycles. The Morgan fingerprint density at radius 1 is 1.47 bits per heavy atom. The van der Waals surface area contributed by atoms with Gasteiger partial charge >= 0.3 is 0 Å². The number of nitrogens with zero attached hydrogens (tertiary/aromatic N) is 2. The molecule has 0 aliphatic heterocycles. The van der Waals surface area contributed by atoms with E-state index in [0.29, 0.717) is 28.5 Å². The highest BCUT2D eigenvalue weighted by Crippen LogP contribution is 2.38. The molecule has 2 N–H and O–H groups in total. The molecule has 1 heterocycles. The Kier molecular flexibility index (Phi) is 3.99. The summed E-state index contributed by atoms with van der Waals surface area (Å²) in [4.78, 5) is 0. The maximum atomic E-state index is 9.34. The molecule has 1 aliphatic rings. The molecule has 0 amide bonds. The molecule has 4 nitrogen and oxygen atoms in total. The van der Waals surface area contributed by atoms with Gasteiger partial charge in [-0.05, 0) is 36.9 Å². The molecule has 1 aromatic heterocycles. The standard InChI is InChI=1S/C12H21N3OS/c1-8(2)9-5-3-4-6-10(9)15-11(7-16)13-14-12(15)17/h8-10,16H,3-7H2,1-2H3,(H,14,17). The minimum Gasteiger partial charge on any atom is -0.388 e. The van der Waals surface area contributed by atoms with Gasteiger partial charge in [0.15, 0.2) is 10.6 Å². The van der Waals surface area contributed by atoms with E-state index in [1.165, 1.54) is 19.3 Å². The number of aromatic amines is 1. The fourth-order valence-corrected chi connectivity index (χ4v) is 3.32. The van der Waals surface area contributed by atoms with Crippen LogP contribution in [0.1, 0.15) is 51.4 Å². The largest absolute Gasteiger partial charge is 0.388 e. The predicted octanol–water partition coefficient (Wildman–Crippen LogP) is 2.82. The van der Waals surface area contributed by atoms with E-state index in [9.17, 15) is 5.11 Å². The summed E-state index contributed by atoms with van der Waals surface area (Å²) in [5, 5.41) is 16.2. The molecule has 0 radical (unpaired) electrons. The molecule has 1 saturated carbocycles. The topological polar surface area (TPSA) is 53.8 Å². The summed E-state index contributed by atoms with van der Waals surface area (Å²) in [5.74, 6) is 1.95. The summed E-state index contributed by atoms with van der Waals surface area (Å²) >= 11 is 5.29. The second-order valence-electron chi connectivity index (χ2n) is 5.23. The van der Waals surface area contributed by atoms with Gasteiger partial charge in [0, 0.05) is 6.04 Å². The van der Waals surface area contributed by atoms with Gasteiger partial charge in [0.2, 0.25) is 0 Å². The maximum absolute atomic E-state index is 9.34. The number of aliphatic hydroxyl groups excluding tert-OH is 1. The average Bonchev–Trinajstić information content (AvgIpc) is 2.70. The monoisotopic (exact) mass is 255 g/mol. The molecule has 1 aromatic rings. The van der Waals surface area contributed by atoms with Crippen molar-refractivity contribution < 1.29 is 5.11 Å². The van der Waals surface area contributed by atoms with Crippen molar-refractivity contribution in [3.63, 3.8) is 0 Å².